The number of amides is 2. The average molecular weight is 358 g/mol. The number of nitrogens with one attached hydrogen (secondary N) is 1. The predicted octanol–water partition coefficient (Wildman–Crippen LogP) is 0.605. The highest BCUT2D eigenvalue weighted by molar-refractivity contribution is 6.43. The largest absolute Gasteiger partial charge is 0.475 e. The van der Waals surface area contributed by atoms with Gasteiger partial charge in [-0.05, 0) is 50.7 Å². The van der Waals surface area contributed by atoms with Gasteiger partial charge in [-0.25, -0.2) is 0 Å². The standard InChI is InChI=1S/C19H27BN2O4/c1-5-7-19(24)22(10-6-2)13-18(23)21-17(20(25)26)12-16-9-8-14(3)11-15(16)4/h8-9,11,17,25-26H,6,10,12-13H2,1-4H3,(H,21,23)/t17-/m0/s1. The van der Waals surface area contributed by atoms with Crippen LogP contribution in [0.25, 0.3) is 0 Å². The molecule has 0 aliphatic heterocycles. The van der Waals surface area contributed by atoms with Crippen LogP contribution < -0.4 is 5.32 Å². The molecule has 0 aliphatic carbocycles. The minimum absolute atomic E-state index is 0.169. The van der Waals surface area contributed by atoms with E-state index in [-0.39, 0.29) is 13.0 Å². The molecule has 1 aromatic rings. The molecule has 0 saturated heterocycles. The molecule has 0 spiro atoms. The monoisotopic (exact) mass is 358 g/mol. The maximum absolute atomic E-state index is 12.3. The summed E-state index contributed by atoms with van der Waals surface area (Å²) in [6, 6.07) is 5.86. The second-order valence-electron chi connectivity index (χ2n) is 6.32. The molecule has 1 aromatic carbocycles. The third-order valence-corrected chi connectivity index (χ3v) is 3.99. The van der Waals surface area contributed by atoms with E-state index in [0.717, 1.165) is 16.7 Å². The van der Waals surface area contributed by atoms with Crippen molar-refractivity contribution < 1.29 is 19.6 Å². The van der Waals surface area contributed by atoms with Crippen LogP contribution >= 0.6 is 0 Å². The van der Waals surface area contributed by atoms with Crippen molar-refractivity contribution in [2.45, 2.75) is 46.5 Å². The molecule has 6 nitrogen and oxygen atoms in total. The normalized spacial score (nSPS) is 11.2. The highest BCUT2D eigenvalue weighted by Crippen LogP contribution is 2.13. The number of benzene rings is 1. The summed E-state index contributed by atoms with van der Waals surface area (Å²) in [5, 5.41) is 21.9. The first-order chi connectivity index (χ1) is 12.3. The second-order valence-corrected chi connectivity index (χ2v) is 6.32. The molecule has 0 bridgehead atoms. The number of carbonyl (C=O) groups excluding carboxylic acids is 2. The Balaban J connectivity index is 2.80. The lowest BCUT2D eigenvalue weighted by Crippen LogP contribution is -2.51. The highest BCUT2D eigenvalue weighted by Gasteiger charge is 2.27. The maximum atomic E-state index is 12.3. The van der Waals surface area contributed by atoms with Gasteiger partial charge in [-0.1, -0.05) is 36.6 Å². The smallest absolute Gasteiger partial charge is 0.426 e. The van der Waals surface area contributed by atoms with Crippen molar-refractivity contribution in [1.29, 1.82) is 0 Å². The van der Waals surface area contributed by atoms with Gasteiger partial charge in [0.1, 0.15) is 6.54 Å². The minimum atomic E-state index is -1.70. The van der Waals surface area contributed by atoms with Crippen LogP contribution in [-0.4, -0.2) is 52.9 Å². The van der Waals surface area contributed by atoms with Crippen molar-refractivity contribution in [3.05, 3.63) is 34.9 Å². The Bertz CT molecular complexity index is 695. The Morgan fingerprint density at radius 1 is 1.31 bits per heavy atom. The Hall–Kier alpha value is -2.30. The molecule has 3 N–H and O–H groups in total. The lowest BCUT2D eigenvalue weighted by atomic mass is 9.75. The van der Waals surface area contributed by atoms with Crippen LogP contribution in [0.4, 0.5) is 0 Å². The van der Waals surface area contributed by atoms with Gasteiger partial charge in [0, 0.05) is 6.54 Å². The van der Waals surface area contributed by atoms with Crippen molar-refractivity contribution >= 4 is 18.9 Å². The van der Waals surface area contributed by atoms with Gasteiger partial charge in [0.25, 0.3) is 5.91 Å². The fourth-order valence-corrected chi connectivity index (χ4v) is 2.68. The number of carbonyl (C=O) groups is 2. The zero-order chi connectivity index (χ0) is 19.7. The van der Waals surface area contributed by atoms with Gasteiger partial charge in [-0.3, -0.25) is 9.59 Å². The first-order valence-corrected chi connectivity index (χ1v) is 8.71. The first kappa shape index (κ1) is 21.7. The van der Waals surface area contributed by atoms with Gasteiger partial charge in [-0.15, -0.1) is 0 Å². The van der Waals surface area contributed by atoms with E-state index in [2.05, 4.69) is 17.2 Å². The zero-order valence-corrected chi connectivity index (χ0v) is 15.9. The molecule has 2 amide bonds. The van der Waals surface area contributed by atoms with Crippen LogP contribution in [0.3, 0.4) is 0 Å². The highest BCUT2D eigenvalue weighted by atomic mass is 16.4. The molecule has 0 fully saturated rings. The Labute approximate surface area is 155 Å². The third kappa shape index (κ3) is 6.91. The summed E-state index contributed by atoms with van der Waals surface area (Å²) in [7, 11) is -1.70. The second kappa shape index (κ2) is 10.6. The van der Waals surface area contributed by atoms with E-state index in [1.54, 1.807) is 6.92 Å². The molecule has 0 radical (unpaired) electrons. The number of rotatable bonds is 8. The Kier molecular flexibility index (Phi) is 8.90. The molecule has 0 heterocycles. The third-order valence-electron chi connectivity index (χ3n) is 3.99. The van der Waals surface area contributed by atoms with Crippen LogP contribution in [-0.2, 0) is 16.0 Å². The molecule has 7 heteroatoms. The van der Waals surface area contributed by atoms with E-state index in [1.807, 2.05) is 39.0 Å². The lowest BCUT2D eigenvalue weighted by Gasteiger charge is -2.23. The molecule has 26 heavy (non-hydrogen) atoms. The molecule has 0 unspecified atom stereocenters. The van der Waals surface area contributed by atoms with Gasteiger partial charge >= 0.3 is 7.12 Å². The van der Waals surface area contributed by atoms with Crippen molar-refractivity contribution in [2.75, 3.05) is 13.1 Å². The maximum Gasteiger partial charge on any atom is 0.475 e. The summed E-state index contributed by atoms with van der Waals surface area (Å²) in [5.41, 5.74) is 3.06. The Morgan fingerprint density at radius 2 is 2.00 bits per heavy atom. The molecular weight excluding hydrogens is 331 g/mol. The summed E-state index contributed by atoms with van der Waals surface area (Å²) in [4.78, 5) is 25.6. The topological polar surface area (TPSA) is 89.9 Å². The average Bonchev–Trinajstić information content (AvgIpc) is 2.56. The predicted molar refractivity (Wildman–Crippen MR) is 102 cm³/mol. The molecule has 1 atom stereocenters. The van der Waals surface area contributed by atoms with E-state index in [9.17, 15) is 19.6 Å². The summed E-state index contributed by atoms with van der Waals surface area (Å²) in [6.45, 7) is 7.62. The van der Waals surface area contributed by atoms with Crippen LogP contribution in [0.1, 0.15) is 37.0 Å². The quantitative estimate of drug-likeness (QED) is 0.469. The van der Waals surface area contributed by atoms with Gasteiger partial charge in [0.05, 0.1) is 5.94 Å². The molecular formula is C19H27BN2O4. The van der Waals surface area contributed by atoms with Gasteiger partial charge < -0.3 is 20.3 Å². The van der Waals surface area contributed by atoms with Crippen molar-refractivity contribution in [2.24, 2.45) is 0 Å². The fourth-order valence-electron chi connectivity index (χ4n) is 2.68. The number of hydrogen-bond donors (Lipinski definition) is 3. The zero-order valence-electron chi connectivity index (χ0n) is 15.9. The molecule has 140 valence electrons. The molecule has 0 aliphatic rings. The molecule has 1 rings (SSSR count). The van der Waals surface area contributed by atoms with Gasteiger partial charge in [-0.2, -0.15) is 0 Å². The van der Waals surface area contributed by atoms with Crippen molar-refractivity contribution in [3.8, 4) is 11.8 Å². The number of nitrogens with zero attached hydrogens (tertiary/aromatic N) is 1. The number of aryl methyl sites for hydroxylation is 2. The summed E-state index contributed by atoms with van der Waals surface area (Å²) >= 11 is 0. The van der Waals surface area contributed by atoms with Crippen molar-refractivity contribution in [3.63, 3.8) is 0 Å². The van der Waals surface area contributed by atoms with E-state index in [0.29, 0.717) is 13.0 Å². The lowest BCUT2D eigenvalue weighted by molar-refractivity contribution is -0.132. The van der Waals surface area contributed by atoms with Crippen LogP contribution in [0.2, 0.25) is 0 Å². The van der Waals surface area contributed by atoms with Crippen LogP contribution in [0.15, 0.2) is 18.2 Å². The first-order valence-electron chi connectivity index (χ1n) is 8.71. The van der Waals surface area contributed by atoms with E-state index < -0.39 is 24.9 Å². The van der Waals surface area contributed by atoms with Crippen LogP contribution in [0.5, 0.6) is 0 Å². The summed E-state index contributed by atoms with van der Waals surface area (Å²) in [5.74, 6) is 3.22. The van der Waals surface area contributed by atoms with E-state index in [4.69, 9.17) is 0 Å². The molecule has 0 saturated carbocycles. The SMILES string of the molecule is CC#CC(=O)N(CCC)CC(=O)N[C@@H](Cc1ccc(C)cc1C)B(O)O. The fraction of sp³-hybridized carbons (Fsp3) is 0.474. The van der Waals surface area contributed by atoms with E-state index >= 15 is 0 Å². The van der Waals surface area contributed by atoms with Crippen molar-refractivity contribution in [1.82, 2.24) is 10.2 Å². The minimum Gasteiger partial charge on any atom is -0.426 e. The summed E-state index contributed by atoms with van der Waals surface area (Å²) < 4.78 is 0. The van der Waals surface area contributed by atoms with Crippen LogP contribution in [0, 0.1) is 25.7 Å². The number of hydrogen-bond acceptors (Lipinski definition) is 4. The van der Waals surface area contributed by atoms with Gasteiger partial charge in [0.2, 0.25) is 5.91 Å². The Morgan fingerprint density at radius 3 is 2.54 bits per heavy atom. The molecule has 0 aromatic heterocycles. The van der Waals surface area contributed by atoms with Gasteiger partial charge in [0.15, 0.2) is 0 Å². The summed E-state index contributed by atoms with van der Waals surface area (Å²) in [6.07, 6.45) is 0.977. The van der Waals surface area contributed by atoms with E-state index in [1.165, 1.54) is 4.90 Å².